The second-order valence-corrected chi connectivity index (χ2v) is 17.1. The Morgan fingerprint density at radius 1 is 0.811 bits per heavy atom. The Morgan fingerprint density at radius 2 is 1.42 bits per heavy atom. The van der Waals surface area contributed by atoms with Gasteiger partial charge in [-0.25, -0.2) is 0 Å². The molecule has 0 amide bonds. The summed E-state index contributed by atoms with van der Waals surface area (Å²) in [5, 5.41) is 31.4. The highest BCUT2D eigenvalue weighted by Gasteiger charge is 2.64. The molecule has 0 saturated heterocycles. The van der Waals surface area contributed by atoms with Crippen LogP contribution in [0.2, 0.25) is 0 Å². The molecule has 3 aliphatic carbocycles. The molecular weight excluding hydrogens is 669 g/mol. The molecule has 13 nitrogen and oxygen atoms in total. The maximum Gasteiger partial charge on any atom is 0.185 e. The molecule has 3 fully saturated rings. The molecule has 0 aromatic carbocycles. The summed E-state index contributed by atoms with van der Waals surface area (Å²) >= 11 is 0. The van der Waals surface area contributed by atoms with Crippen molar-refractivity contribution in [2.75, 3.05) is 59.6 Å². The number of ether oxygens (including phenoxy) is 3. The molecule has 13 heteroatoms. The fourth-order valence-corrected chi connectivity index (χ4v) is 10.6. The van der Waals surface area contributed by atoms with Gasteiger partial charge in [0.2, 0.25) is 0 Å². The normalized spacial score (nSPS) is 30.6. The van der Waals surface area contributed by atoms with E-state index in [1.807, 2.05) is 0 Å². The molecule has 53 heavy (non-hydrogen) atoms. The van der Waals surface area contributed by atoms with Crippen molar-refractivity contribution in [3.63, 3.8) is 0 Å². The summed E-state index contributed by atoms with van der Waals surface area (Å²) < 4.78 is 20.4. The van der Waals surface area contributed by atoms with Gasteiger partial charge in [-0.05, 0) is 139 Å². The number of fused-ring (bicyclic) bond motifs is 3. The third-order valence-corrected chi connectivity index (χ3v) is 13.6. The molecule has 0 aromatic rings. The van der Waals surface area contributed by atoms with E-state index in [1.54, 1.807) is 0 Å². The molecule has 0 radical (unpaired) electrons. The van der Waals surface area contributed by atoms with Gasteiger partial charge >= 0.3 is 0 Å². The van der Waals surface area contributed by atoms with Crippen LogP contribution in [0.25, 0.3) is 0 Å². The molecule has 0 spiro atoms. The predicted octanol–water partition coefficient (Wildman–Crippen LogP) is 4.79. The van der Waals surface area contributed by atoms with Crippen LogP contribution < -0.4 is 33.2 Å². The highest BCUT2D eigenvalue weighted by atomic mass is 16.5. The lowest BCUT2D eigenvalue weighted by molar-refractivity contribution is -0.205. The van der Waals surface area contributed by atoms with E-state index >= 15 is 0 Å². The number of nitrogens with zero attached hydrogens (tertiary/aromatic N) is 1. The summed E-state index contributed by atoms with van der Waals surface area (Å²) in [7, 11) is 2.23. The molecule has 10 atom stereocenters. The van der Waals surface area contributed by atoms with Crippen molar-refractivity contribution in [1.29, 1.82) is 16.2 Å². The fraction of sp³-hybridized carbons (Fsp3) is 0.925. The highest BCUT2D eigenvalue weighted by molar-refractivity contribution is 5.74. The van der Waals surface area contributed by atoms with Gasteiger partial charge in [-0.15, -0.1) is 0 Å². The van der Waals surface area contributed by atoms with Crippen molar-refractivity contribution in [2.45, 2.75) is 136 Å². The summed E-state index contributed by atoms with van der Waals surface area (Å²) in [4.78, 5) is 2.43. The van der Waals surface area contributed by atoms with Gasteiger partial charge in [0, 0.05) is 44.9 Å². The van der Waals surface area contributed by atoms with E-state index in [1.165, 1.54) is 25.7 Å². The Bertz CT molecular complexity index is 1110. The van der Waals surface area contributed by atoms with Crippen LogP contribution in [-0.2, 0) is 14.2 Å². The van der Waals surface area contributed by atoms with Crippen molar-refractivity contribution in [2.24, 2.45) is 57.6 Å². The summed E-state index contributed by atoms with van der Waals surface area (Å²) in [6.45, 7) is 18.3. The molecule has 308 valence electrons. The van der Waals surface area contributed by atoms with Gasteiger partial charge in [-0.1, -0.05) is 34.6 Å². The largest absolute Gasteiger partial charge is 0.378 e. The van der Waals surface area contributed by atoms with Crippen LogP contribution in [0.5, 0.6) is 0 Å². The lowest BCUT2D eigenvalue weighted by atomic mass is 9.46. The van der Waals surface area contributed by atoms with E-state index < -0.39 is 0 Å². The summed E-state index contributed by atoms with van der Waals surface area (Å²) in [5.74, 6) is 2.74. The van der Waals surface area contributed by atoms with Gasteiger partial charge in [0.1, 0.15) is 0 Å². The molecule has 0 aliphatic heterocycles. The SMILES string of the molecule is CC[C@@H](CC[C@@]1(C)CC[C@@H](OCCCNC(=N)N)C2[C@@H]1C[C@H](OCCCNC(=N)N)[C@]1(C)[C@@H]([C@H](C)CCCN(C)CC)CC[C@@H]21)OCCCNC(=N)N. The topological polar surface area (TPSA) is 217 Å². The molecule has 12 N–H and O–H groups in total. The smallest absolute Gasteiger partial charge is 0.185 e. The van der Waals surface area contributed by atoms with Crippen LogP contribution >= 0.6 is 0 Å². The molecule has 0 aromatic heterocycles. The first-order valence-corrected chi connectivity index (χ1v) is 21.0. The molecular formula is C40H80N10O3. The van der Waals surface area contributed by atoms with E-state index in [0.717, 1.165) is 70.9 Å². The maximum atomic E-state index is 7.60. The third kappa shape index (κ3) is 13.1. The maximum absolute atomic E-state index is 7.60. The minimum absolute atomic E-state index is 0.00766. The first-order chi connectivity index (χ1) is 25.3. The number of guanidine groups is 3. The summed E-state index contributed by atoms with van der Waals surface area (Å²) in [6.07, 6.45) is 14.4. The van der Waals surface area contributed by atoms with Crippen molar-refractivity contribution >= 4 is 17.9 Å². The average molecular weight is 749 g/mol. The molecule has 0 heterocycles. The first-order valence-electron chi connectivity index (χ1n) is 21.0. The fourth-order valence-electron chi connectivity index (χ4n) is 10.6. The summed E-state index contributed by atoms with van der Waals surface area (Å²) in [6, 6.07) is 0. The second kappa shape index (κ2) is 22.3. The van der Waals surface area contributed by atoms with Crippen LogP contribution in [0.3, 0.4) is 0 Å². The van der Waals surface area contributed by atoms with E-state index in [4.69, 9.17) is 47.6 Å². The van der Waals surface area contributed by atoms with Crippen LogP contribution in [0.1, 0.15) is 118 Å². The minimum atomic E-state index is 0.00766. The van der Waals surface area contributed by atoms with E-state index in [-0.39, 0.29) is 47.0 Å². The van der Waals surface area contributed by atoms with Crippen molar-refractivity contribution < 1.29 is 14.2 Å². The van der Waals surface area contributed by atoms with Crippen molar-refractivity contribution in [1.82, 2.24) is 20.9 Å². The monoisotopic (exact) mass is 749 g/mol. The Hall–Kier alpha value is -2.35. The van der Waals surface area contributed by atoms with Crippen LogP contribution in [0.15, 0.2) is 0 Å². The summed E-state index contributed by atoms with van der Waals surface area (Å²) in [5.41, 5.74) is 16.8. The third-order valence-electron chi connectivity index (χ3n) is 13.6. The van der Waals surface area contributed by atoms with Gasteiger partial charge in [-0.2, -0.15) is 0 Å². The minimum Gasteiger partial charge on any atom is -0.378 e. The zero-order chi connectivity index (χ0) is 39.0. The number of nitrogens with two attached hydrogens (primary N) is 3. The number of rotatable bonds is 25. The quantitative estimate of drug-likeness (QED) is 0.0354. The number of hydrogen-bond acceptors (Lipinski definition) is 7. The second-order valence-electron chi connectivity index (χ2n) is 17.1. The molecule has 3 rings (SSSR count). The molecule has 1 unspecified atom stereocenters. The van der Waals surface area contributed by atoms with E-state index in [2.05, 4.69) is 62.5 Å². The lowest BCUT2D eigenvalue weighted by Crippen LogP contribution is -2.60. The Morgan fingerprint density at radius 3 is 2.00 bits per heavy atom. The molecule has 3 saturated carbocycles. The Kier molecular flexibility index (Phi) is 18.9. The zero-order valence-corrected chi connectivity index (χ0v) is 34.4. The molecule has 0 bridgehead atoms. The van der Waals surface area contributed by atoms with E-state index in [0.29, 0.717) is 69.0 Å². The van der Waals surface area contributed by atoms with Crippen LogP contribution in [-0.4, -0.2) is 101 Å². The standard InChI is InChI=1S/C40H80N10O3/c1-7-29(51-24-10-20-47-36(41)42)16-18-39(4)19-17-33(52-25-11-21-48-37(43)44)35-31-15-14-30(28(3)13-9-23-50(6)8-2)40(31,5)34(27-32(35)39)53-26-12-22-49-38(45)46/h28-35H,7-27H2,1-6H3,(H4,41,42,47)(H4,43,44,48)(H4,45,46,49)/t28-,29+,30-,31+,32+,33-,34+,35?,39+,40-/m1/s1. The van der Waals surface area contributed by atoms with Gasteiger partial charge < -0.3 is 52.3 Å². The lowest BCUT2D eigenvalue weighted by Gasteiger charge is -2.61. The van der Waals surface area contributed by atoms with Gasteiger partial charge in [0.05, 0.1) is 18.3 Å². The van der Waals surface area contributed by atoms with Gasteiger partial charge in [0.25, 0.3) is 0 Å². The average Bonchev–Trinajstić information content (AvgIpc) is 3.47. The van der Waals surface area contributed by atoms with Crippen LogP contribution in [0.4, 0.5) is 0 Å². The Balaban J connectivity index is 1.87. The van der Waals surface area contributed by atoms with Gasteiger partial charge in [0.15, 0.2) is 17.9 Å². The number of hydrogen-bond donors (Lipinski definition) is 9. The first kappa shape index (κ1) is 45.0. The zero-order valence-electron chi connectivity index (χ0n) is 34.4. The van der Waals surface area contributed by atoms with Crippen molar-refractivity contribution in [3.8, 4) is 0 Å². The molecule has 3 aliphatic rings. The Labute approximate surface area is 322 Å². The van der Waals surface area contributed by atoms with Gasteiger partial charge in [-0.3, -0.25) is 16.2 Å². The number of nitrogens with one attached hydrogen (secondary N) is 6. The van der Waals surface area contributed by atoms with Crippen molar-refractivity contribution in [3.05, 3.63) is 0 Å². The predicted molar refractivity (Wildman–Crippen MR) is 217 cm³/mol. The van der Waals surface area contributed by atoms with E-state index in [9.17, 15) is 0 Å². The van der Waals surface area contributed by atoms with Crippen LogP contribution in [0, 0.1) is 56.6 Å². The highest BCUT2D eigenvalue weighted by Crippen LogP contribution is 2.67.